The van der Waals surface area contributed by atoms with E-state index in [1.165, 1.54) is 17.5 Å². The largest absolute Gasteiger partial charge is 0.487 e. The minimum atomic E-state index is -0.0139. The van der Waals surface area contributed by atoms with Crippen LogP contribution in [-0.4, -0.2) is 37.7 Å². The van der Waals surface area contributed by atoms with Gasteiger partial charge in [-0.05, 0) is 65.0 Å². The molecule has 1 aliphatic rings. The van der Waals surface area contributed by atoms with Crippen molar-refractivity contribution < 1.29 is 4.74 Å². The second-order valence-electron chi connectivity index (χ2n) is 6.90. The van der Waals surface area contributed by atoms with E-state index >= 15 is 0 Å². The highest BCUT2D eigenvalue weighted by Crippen LogP contribution is 2.43. The molecular formula is C19H32N2O. The van der Waals surface area contributed by atoms with Crippen LogP contribution in [0.25, 0.3) is 0 Å². The zero-order valence-corrected chi connectivity index (χ0v) is 14.9. The zero-order valence-electron chi connectivity index (χ0n) is 14.9. The van der Waals surface area contributed by atoms with Gasteiger partial charge in [0.1, 0.15) is 11.4 Å². The quantitative estimate of drug-likeness (QED) is 0.773. The van der Waals surface area contributed by atoms with Crippen molar-refractivity contribution in [1.82, 2.24) is 10.2 Å². The molecule has 1 N–H and O–H groups in total. The van der Waals surface area contributed by atoms with Crippen LogP contribution in [-0.2, 0) is 0 Å². The minimum absolute atomic E-state index is 0.0139. The van der Waals surface area contributed by atoms with E-state index in [0.29, 0.717) is 6.04 Å². The molecule has 0 aromatic heterocycles. The summed E-state index contributed by atoms with van der Waals surface area (Å²) in [6.45, 7) is 8.81. The summed E-state index contributed by atoms with van der Waals surface area (Å²) >= 11 is 0. The summed E-state index contributed by atoms with van der Waals surface area (Å²) in [5.41, 5.74) is 2.58. The molecule has 1 aliphatic heterocycles. The monoisotopic (exact) mass is 304 g/mol. The van der Waals surface area contributed by atoms with Gasteiger partial charge < -0.3 is 15.0 Å². The molecule has 0 saturated heterocycles. The average molecular weight is 304 g/mol. The van der Waals surface area contributed by atoms with Crippen LogP contribution in [0.4, 0.5) is 0 Å². The highest BCUT2D eigenvalue weighted by atomic mass is 16.5. The van der Waals surface area contributed by atoms with Crippen LogP contribution in [0.5, 0.6) is 5.75 Å². The Bertz CT molecular complexity index is 480. The van der Waals surface area contributed by atoms with E-state index in [1.54, 1.807) is 0 Å². The van der Waals surface area contributed by atoms with Gasteiger partial charge in [0.25, 0.3) is 0 Å². The molecule has 0 spiro atoms. The first-order valence-electron chi connectivity index (χ1n) is 8.67. The fourth-order valence-electron chi connectivity index (χ4n) is 3.31. The Balaban J connectivity index is 2.13. The van der Waals surface area contributed by atoms with Gasteiger partial charge in [-0.3, -0.25) is 0 Å². The van der Waals surface area contributed by atoms with Gasteiger partial charge in [0.2, 0.25) is 0 Å². The van der Waals surface area contributed by atoms with Gasteiger partial charge in [-0.15, -0.1) is 0 Å². The summed E-state index contributed by atoms with van der Waals surface area (Å²) in [4.78, 5) is 2.24. The van der Waals surface area contributed by atoms with E-state index in [2.05, 4.69) is 63.3 Å². The number of aryl methyl sites for hydroxylation is 1. The van der Waals surface area contributed by atoms with Crippen LogP contribution in [0.15, 0.2) is 18.2 Å². The Hall–Kier alpha value is -1.06. The summed E-state index contributed by atoms with van der Waals surface area (Å²) in [5.74, 6) is 1.08. The summed E-state index contributed by atoms with van der Waals surface area (Å²) in [7, 11) is 4.26. The Labute approximate surface area is 136 Å². The van der Waals surface area contributed by atoms with E-state index in [9.17, 15) is 0 Å². The van der Waals surface area contributed by atoms with Crippen molar-refractivity contribution in [2.24, 2.45) is 0 Å². The number of rotatable bonds is 7. The minimum Gasteiger partial charge on any atom is -0.487 e. The standard InChI is InChI=1S/C19H32N2O/c1-6-19(7-2)14-17(20-11-8-12-21(4)5)16-10-9-15(3)13-18(16)22-19/h9-10,13,17,20H,6-8,11-12,14H2,1-5H3. The molecule has 0 amide bonds. The Morgan fingerprint density at radius 1 is 1.27 bits per heavy atom. The third-order valence-electron chi connectivity index (χ3n) is 4.91. The van der Waals surface area contributed by atoms with Crippen molar-refractivity contribution in [1.29, 1.82) is 0 Å². The number of benzene rings is 1. The number of hydrogen-bond donors (Lipinski definition) is 1. The lowest BCUT2D eigenvalue weighted by Crippen LogP contribution is -2.43. The maximum atomic E-state index is 6.43. The normalized spacial score (nSPS) is 19.8. The second-order valence-corrected chi connectivity index (χ2v) is 6.90. The van der Waals surface area contributed by atoms with Gasteiger partial charge in [-0.2, -0.15) is 0 Å². The molecule has 1 unspecified atom stereocenters. The molecule has 1 aromatic carbocycles. The lowest BCUT2D eigenvalue weighted by atomic mass is 9.83. The molecule has 1 atom stereocenters. The van der Waals surface area contributed by atoms with Crippen LogP contribution < -0.4 is 10.1 Å². The van der Waals surface area contributed by atoms with E-state index in [4.69, 9.17) is 4.74 Å². The Morgan fingerprint density at radius 3 is 2.64 bits per heavy atom. The lowest BCUT2D eigenvalue weighted by Gasteiger charge is -2.42. The summed E-state index contributed by atoms with van der Waals surface area (Å²) in [6, 6.07) is 7.04. The molecule has 3 nitrogen and oxygen atoms in total. The van der Waals surface area contributed by atoms with Crippen LogP contribution in [0.3, 0.4) is 0 Å². The van der Waals surface area contributed by atoms with E-state index < -0.39 is 0 Å². The average Bonchev–Trinajstić information content (AvgIpc) is 2.50. The molecule has 1 aromatic rings. The fraction of sp³-hybridized carbons (Fsp3) is 0.684. The lowest BCUT2D eigenvalue weighted by molar-refractivity contribution is 0.0227. The molecule has 0 saturated carbocycles. The topological polar surface area (TPSA) is 24.5 Å². The van der Waals surface area contributed by atoms with Crippen LogP contribution >= 0.6 is 0 Å². The van der Waals surface area contributed by atoms with Crippen LogP contribution in [0.1, 0.15) is 56.7 Å². The Morgan fingerprint density at radius 2 is 2.00 bits per heavy atom. The number of nitrogens with zero attached hydrogens (tertiary/aromatic N) is 1. The Kier molecular flexibility index (Phi) is 5.87. The molecule has 0 aliphatic carbocycles. The smallest absolute Gasteiger partial charge is 0.125 e. The van der Waals surface area contributed by atoms with Crippen molar-refractivity contribution >= 4 is 0 Å². The molecule has 3 heteroatoms. The van der Waals surface area contributed by atoms with Crippen molar-refractivity contribution in [3.05, 3.63) is 29.3 Å². The SMILES string of the molecule is CCC1(CC)CC(NCCCN(C)C)c2ccc(C)cc2O1. The molecule has 1 heterocycles. The van der Waals surface area contributed by atoms with Gasteiger partial charge in [0.05, 0.1) is 0 Å². The summed E-state index contributed by atoms with van der Waals surface area (Å²) in [6.07, 6.45) is 4.37. The molecule has 124 valence electrons. The molecular weight excluding hydrogens is 272 g/mol. The predicted molar refractivity (Wildman–Crippen MR) is 93.7 cm³/mol. The maximum Gasteiger partial charge on any atom is 0.125 e. The van der Waals surface area contributed by atoms with E-state index in [0.717, 1.165) is 38.1 Å². The van der Waals surface area contributed by atoms with Gasteiger partial charge in [0.15, 0.2) is 0 Å². The van der Waals surface area contributed by atoms with Gasteiger partial charge in [0, 0.05) is 18.0 Å². The maximum absolute atomic E-state index is 6.43. The van der Waals surface area contributed by atoms with Crippen molar-refractivity contribution in [3.8, 4) is 5.75 Å². The van der Waals surface area contributed by atoms with Crippen LogP contribution in [0, 0.1) is 6.92 Å². The first-order chi connectivity index (χ1) is 10.5. The first kappa shape index (κ1) is 17.3. The summed E-state index contributed by atoms with van der Waals surface area (Å²) < 4.78 is 6.43. The summed E-state index contributed by atoms with van der Waals surface area (Å²) in [5, 5.41) is 3.77. The van der Waals surface area contributed by atoms with Gasteiger partial charge in [-0.1, -0.05) is 26.0 Å². The number of fused-ring (bicyclic) bond motifs is 1. The van der Waals surface area contributed by atoms with E-state index in [-0.39, 0.29) is 5.60 Å². The fourth-order valence-corrected chi connectivity index (χ4v) is 3.31. The molecule has 2 rings (SSSR count). The van der Waals surface area contributed by atoms with Gasteiger partial charge in [-0.25, -0.2) is 0 Å². The van der Waals surface area contributed by atoms with Gasteiger partial charge >= 0.3 is 0 Å². The van der Waals surface area contributed by atoms with Crippen molar-refractivity contribution in [3.63, 3.8) is 0 Å². The van der Waals surface area contributed by atoms with Crippen LogP contribution in [0.2, 0.25) is 0 Å². The molecule has 0 radical (unpaired) electrons. The third kappa shape index (κ3) is 4.02. The van der Waals surface area contributed by atoms with E-state index in [1.807, 2.05) is 0 Å². The highest BCUT2D eigenvalue weighted by molar-refractivity contribution is 5.41. The number of nitrogens with one attached hydrogen (secondary N) is 1. The number of ether oxygens (including phenoxy) is 1. The first-order valence-corrected chi connectivity index (χ1v) is 8.67. The zero-order chi connectivity index (χ0) is 16.2. The van der Waals surface area contributed by atoms with Crippen molar-refractivity contribution in [2.45, 2.75) is 58.1 Å². The van der Waals surface area contributed by atoms with Crippen molar-refractivity contribution in [2.75, 3.05) is 27.2 Å². The second kappa shape index (κ2) is 7.47. The third-order valence-corrected chi connectivity index (χ3v) is 4.91. The highest BCUT2D eigenvalue weighted by Gasteiger charge is 2.38. The molecule has 0 bridgehead atoms. The molecule has 0 fully saturated rings. The number of hydrogen-bond acceptors (Lipinski definition) is 3. The molecule has 22 heavy (non-hydrogen) atoms. The predicted octanol–water partition coefficient (Wildman–Crippen LogP) is 3.92.